The molecule has 0 N–H and O–H groups in total. The van der Waals surface area contributed by atoms with E-state index in [1.807, 2.05) is 0 Å². The van der Waals surface area contributed by atoms with Gasteiger partial charge in [0.1, 0.15) is 0 Å². The van der Waals surface area contributed by atoms with Crippen LogP contribution in [0, 0.1) is 0 Å². The Hall–Kier alpha value is 0.0500. The molecule has 0 rings (SSSR count). The largest absolute Gasteiger partial charge is 0.306 e. The molecule has 0 bridgehead atoms. The summed E-state index contributed by atoms with van der Waals surface area (Å²) in [4.78, 5) is 2.39. The Bertz CT molecular complexity index is 240. The third kappa shape index (κ3) is 20.0. The second-order valence-corrected chi connectivity index (χ2v) is 7.41. The molecule has 0 heterocycles. The van der Waals surface area contributed by atoms with Gasteiger partial charge in [-0.15, -0.1) is 0 Å². The first-order valence-corrected chi connectivity index (χ1v) is 10.9. The molecular formula is C21H43NS. The zero-order chi connectivity index (χ0) is 17.0. The molecule has 138 valence electrons. The molecule has 0 aromatic heterocycles. The molecule has 0 atom stereocenters. The molecule has 0 aliphatic carbocycles. The molecule has 23 heavy (non-hydrogen) atoms. The van der Waals surface area contributed by atoms with E-state index in [1.165, 1.54) is 96.4 Å². The van der Waals surface area contributed by atoms with Crippen LogP contribution in [0.2, 0.25) is 0 Å². The molecule has 0 aromatic carbocycles. The second-order valence-electron chi connectivity index (χ2n) is 6.96. The van der Waals surface area contributed by atoms with Crippen molar-refractivity contribution < 1.29 is 0 Å². The van der Waals surface area contributed by atoms with E-state index in [0.717, 1.165) is 12.3 Å². The van der Waals surface area contributed by atoms with Gasteiger partial charge in [0.2, 0.25) is 0 Å². The van der Waals surface area contributed by atoms with Crippen LogP contribution < -0.4 is 0 Å². The van der Waals surface area contributed by atoms with Crippen LogP contribution in [0.4, 0.5) is 0 Å². The maximum Gasteiger partial charge on any atom is 0.00668 e. The second kappa shape index (κ2) is 20.1. The van der Waals surface area contributed by atoms with E-state index in [2.05, 4.69) is 43.7 Å². The summed E-state index contributed by atoms with van der Waals surface area (Å²) in [6.07, 6.45) is 24.2. The van der Waals surface area contributed by atoms with Crippen molar-refractivity contribution in [2.45, 2.75) is 96.8 Å². The first kappa shape index (κ1) is 23.1. The number of hydrogen-bond donors (Lipinski definition) is 1. The molecule has 0 saturated heterocycles. The van der Waals surface area contributed by atoms with Crippen LogP contribution in [-0.4, -0.2) is 30.8 Å². The quantitative estimate of drug-likeness (QED) is 0.161. The van der Waals surface area contributed by atoms with Crippen molar-refractivity contribution in [2.75, 3.05) is 25.9 Å². The van der Waals surface area contributed by atoms with Crippen molar-refractivity contribution in [1.82, 2.24) is 4.90 Å². The first-order chi connectivity index (χ1) is 11.3. The van der Waals surface area contributed by atoms with E-state index in [1.54, 1.807) is 0 Å². The van der Waals surface area contributed by atoms with Gasteiger partial charge >= 0.3 is 0 Å². The lowest BCUT2D eigenvalue weighted by molar-refractivity contribution is 0.343. The fourth-order valence-corrected chi connectivity index (χ4v) is 3.25. The van der Waals surface area contributed by atoms with E-state index in [9.17, 15) is 0 Å². The highest BCUT2D eigenvalue weighted by Crippen LogP contribution is 2.10. The van der Waals surface area contributed by atoms with Gasteiger partial charge in [-0.3, -0.25) is 0 Å². The van der Waals surface area contributed by atoms with Gasteiger partial charge in [-0.25, -0.2) is 0 Å². The average Bonchev–Trinajstić information content (AvgIpc) is 2.54. The van der Waals surface area contributed by atoms with Crippen LogP contribution in [0.15, 0.2) is 12.2 Å². The topological polar surface area (TPSA) is 3.24 Å². The minimum Gasteiger partial charge on any atom is -0.306 e. The zero-order valence-electron chi connectivity index (χ0n) is 16.1. The molecule has 0 radical (unpaired) electrons. The Labute approximate surface area is 152 Å². The van der Waals surface area contributed by atoms with Crippen LogP contribution >= 0.6 is 12.6 Å². The van der Waals surface area contributed by atoms with Gasteiger partial charge in [-0.2, -0.15) is 12.6 Å². The Morgan fingerprint density at radius 1 is 0.652 bits per heavy atom. The molecule has 1 nitrogen and oxygen atoms in total. The highest BCUT2D eigenvalue weighted by molar-refractivity contribution is 7.80. The van der Waals surface area contributed by atoms with E-state index in [0.29, 0.717) is 0 Å². The van der Waals surface area contributed by atoms with Gasteiger partial charge in [0.25, 0.3) is 0 Å². The Balaban J connectivity index is 3.10. The van der Waals surface area contributed by atoms with Crippen LogP contribution in [0.1, 0.15) is 96.8 Å². The summed E-state index contributed by atoms with van der Waals surface area (Å²) in [6.45, 7) is 4.64. The summed E-state index contributed by atoms with van der Waals surface area (Å²) in [7, 11) is 2.20. The molecular weight excluding hydrogens is 298 g/mol. The van der Waals surface area contributed by atoms with Crippen LogP contribution in [0.25, 0.3) is 0 Å². The lowest BCUT2D eigenvalue weighted by Crippen LogP contribution is -2.21. The van der Waals surface area contributed by atoms with Gasteiger partial charge in [0.05, 0.1) is 0 Å². The molecule has 0 fully saturated rings. The normalized spacial score (nSPS) is 11.8. The fourth-order valence-electron chi connectivity index (χ4n) is 2.91. The molecule has 0 aliphatic heterocycles. The van der Waals surface area contributed by atoms with Crippen molar-refractivity contribution in [3.8, 4) is 0 Å². The third-order valence-corrected chi connectivity index (χ3v) is 4.73. The maximum absolute atomic E-state index is 4.27. The van der Waals surface area contributed by atoms with Gasteiger partial charge in [0, 0.05) is 12.3 Å². The van der Waals surface area contributed by atoms with E-state index >= 15 is 0 Å². The fraction of sp³-hybridized carbons (Fsp3) is 0.905. The lowest BCUT2D eigenvalue weighted by Gasteiger charge is -2.14. The highest BCUT2D eigenvalue weighted by atomic mass is 32.1. The smallest absolute Gasteiger partial charge is 0.00668 e. The number of unbranched alkanes of at least 4 members (excludes halogenated alkanes) is 12. The number of rotatable bonds is 18. The van der Waals surface area contributed by atoms with E-state index in [4.69, 9.17) is 0 Å². The Morgan fingerprint density at radius 3 is 1.65 bits per heavy atom. The number of thiol groups is 1. The number of allylic oxidation sites excluding steroid dienone is 2. The van der Waals surface area contributed by atoms with Crippen molar-refractivity contribution in [3.05, 3.63) is 12.2 Å². The predicted molar refractivity (Wildman–Crippen MR) is 111 cm³/mol. The van der Waals surface area contributed by atoms with Crippen LogP contribution in [-0.2, 0) is 0 Å². The minimum absolute atomic E-state index is 0.975. The van der Waals surface area contributed by atoms with Gasteiger partial charge in [0.15, 0.2) is 0 Å². The van der Waals surface area contributed by atoms with E-state index < -0.39 is 0 Å². The summed E-state index contributed by atoms with van der Waals surface area (Å²) < 4.78 is 0. The monoisotopic (exact) mass is 341 g/mol. The SMILES string of the molecule is CCCCCCCC/C=C\CCCCCCCCN(C)CCS. The Kier molecular flexibility index (Phi) is 20.1. The summed E-state index contributed by atoms with van der Waals surface area (Å²) in [5.41, 5.74) is 0. The van der Waals surface area contributed by atoms with E-state index in [-0.39, 0.29) is 0 Å². The average molecular weight is 342 g/mol. The summed E-state index contributed by atoms with van der Waals surface area (Å²) in [5.74, 6) is 0.975. The first-order valence-electron chi connectivity index (χ1n) is 10.3. The zero-order valence-corrected chi connectivity index (χ0v) is 17.0. The van der Waals surface area contributed by atoms with Crippen molar-refractivity contribution in [1.29, 1.82) is 0 Å². The minimum atomic E-state index is 0.975. The molecule has 0 unspecified atom stereocenters. The molecule has 2 heteroatoms. The number of nitrogens with zero attached hydrogens (tertiary/aromatic N) is 1. The maximum atomic E-state index is 4.27. The predicted octanol–water partition coefficient (Wildman–Crippen LogP) is 6.89. The highest BCUT2D eigenvalue weighted by Gasteiger charge is 1.96. The summed E-state index contributed by atoms with van der Waals surface area (Å²) in [5, 5.41) is 0. The van der Waals surface area contributed by atoms with Gasteiger partial charge in [-0.05, 0) is 45.7 Å². The molecule has 0 saturated carbocycles. The standard InChI is InChI=1S/C21H43NS/c1-3-4-5-6-7-8-9-10-11-12-13-14-15-16-17-18-19-22(2)20-21-23/h10-11,23H,3-9,12-21H2,1-2H3/b11-10-. The van der Waals surface area contributed by atoms with Crippen LogP contribution in [0.3, 0.4) is 0 Å². The molecule has 0 aromatic rings. The van der Waals surface area contributed by atoms with Crippen molar-refractivity contribution in [2.24, 2.45) is 0 Å². The Morgan fingerprint density at radius 2 is 1.13 bits per heavy atom. The molecule has 0 aliphatic rings. The number of hydrogen-bond acceptors (Lipinski definition) is 2. The van der Waals surface area contributed by atoms with Crippen LogP contribution in [0.5, 0.6) is 0 Å². The summed E-state index contributed by atoms with van der Waals surface area (Å²) >= 11 is 4.27. The third-order valence-electron chi connectivity index (χ3n) is 4.53. The summed E-state index contributed by atoms with van der Waals surface area (Å²) in [6, 6.07) is 0. The van der Waals surface area contributed by atoms with Gasteiger partial charge < -0.3 is 4.90 Å². The molecule has 0 spiro atoms. The molecule has 0 amide bonds. The van der Waals surface area contributed by atoms with Crippen molar-refractivity contribution >= 4 is 12.6 Å². The van der Waals surface area contributed by atoms with Crippen molar-refractivity contribution in [3.63, 3.8) is 0 Å². The van der Waals surface area contributed by atoms with Gasteiger partial charge in [-0.1, -0.05) is 76.9 Å². The lowest BCUT2D eigenvalue weighted by atomic mass is 10.1.